The van der Waals surface area contributed by atoms with Gasteiger partial charge in [0.1, 0.15) is 17.6 Å². The third-order valence-corrected chi connectivity index (χ3v) is 7.40. The third kappa shape index (κ3) is 3.30. The molecule has 4 aliphatic rings. The van der Waals surface area contributed by atoms with Gasteiger partial charge in [0.2, 0.25) is 11.8 Å². The Hall–Kier alpha value is -2.19. The van der Waals surface area contributed by atoms with E-state index in [-0.39, 0.29) is 25.0 Å². The second kappa shape index (κ2) is 8.63. The number of cyclic esters (lactones) is 1. The molecule has 1 N–H and O–H groups in total. The maximum atomic E-state index is 13.9. The van der Waals surface area contributed by atoms with Crippen LogP contribution in [0, 0.1) is 11.8 Å². The summed E-state index contributed by atoms with van der Waals surface area (Å²) in [6, 6.07) is -1.47. The Morgan fingerprint density at radius 2 is 1.94 bits per heavy atom. The summed E-state index contributed by atoms with van der Waals surface area (Å²) < 4.78 is 12.1. The van der Waals surface area contributed by atoms with Crippen LogP contribution in [0.1, 0.15) is 46.5 Å². The first kappa shape index (κ1) is 23.0. The highest BCUT2D eigenvalue weighted by Gasteiger charge is 2.75. The van der Waals surface area contributed by atoms with Crippen molar-refractivity contribution in [1.82, 2.24) is 9.80 Å². The van der Waals surface area contributed by atoms with Gasteiger partial charge in [-0.25, -0.2) is 0 Å². The number of carbonyl (C=O) groups excluding carboxylic acids is 3. The Morgan fingerprint density at radius 1 is 1.16 bits per heavy atom. The van der Waals surface area contributed by atoms with Gasteiger partial charge in [0, 0.05) is 13.1 Å². The van der Waals surface area contributed by atoms with Crippen LogP contribution >= 0.6 is 0 Å². The van der Waals surface area contributed by atoms with Crippen molar-refractivity contribution in [1.29, 1.82) is 0 Å². The molecule has 2 amide bonds. The summed E-state index contributed by atoms with van der Waals surface area (Å²) in [5.41, 5.74) is -2.35. The predicted octanol–water partition coefficient (Wildman–Crippen LogP) is 1.43. The van der Waals surface area contributed by atoms with Crippen LogP contribution in [-0.4, -0.2) is 82.3 Å². The van der Waals surface area contributed by atoms with E-state index in [4.69, 9.17) is 9.47 Å². The van der Waals surface area contributed by atoms with Crippen LogP contribution in [0.2, 0.25) is 0 Å². The Bertz CT molecular complexity index is 836. The van der Waals surface area contributed by atoms with Gasteiger partial charge in [-0.15, -0.1) is 0 Å². The van der Waals surface area contributed by atoms with Gasteiger partial charge < -0.3 is 24.4 Å². The fourth-order valence-electron chi connectivity index (χ4n) is 5.83. The maximum absolute atomic E-state index is 13.9. The van der Waals surface area contributed by atoms with Gasteiger partial charge in [0.25, 0.3) is 0 Å². The second-order valence-corrected chi connectivity index (χ2v) is 9.39. The minimum atomic E-state index is -1.29. The second-order valence-electron chi connectivity index (χ2n) is 9.39. The zero-order chi connectivity index (χ0) is 23.1. The van der Waals surface area contributed by atoms with Crippen molar-refractivity contribution >= 4 is 17.8 Å². The molecule has 6 atom stereocenters. The molecule has 4 aliphatic heterocycles. The molecule has 0 radical (unpaired) electrons. The number of rotatable bonds is 6. The number of hydrogen-bond donors (Lipinski definition) is 1. The molecule has 176 valence electrons. The monoisotopic (exact) mass is 446 g/mol. The van der Waals surface area contributed by atoms with Crippen molar-refractivity contribution < 1.29 is 29.0 Å². The van der Waals surface area contributed by atoms with Crippen molar-refractivity contribution in [2.45, 2.75) is 69.7 Å². The normalized spacial score (nSPS) is 37.4. The molecule has 4 rings (SSSR count). The lowest BCUT2D eigenvalue weighted by molar-refractivity contribution is -0.162. The van der Waals surface area contributed by atoms with Crippen LogP contribution in [0.3, 0.4) is 0 Å². The van der Waals surface area contributed by atoms with Crippen molar-refractivity contribution in [3.63, 3.8) is 0 Å². The predicted molar refractivity (Wildman–Crippen MR) is 116 cm³/mol. The average Bonchev–Trinajstić information content (AvgIpc) is 3.08. The lowest BCUT2D eigenvalue weighted by Gasteiger charge is -2.40. The van der Waals surface area contributed by atoms with Crippen LogP contribution < -0.4 is 0 Å². The molecule has 1 unspecified atom stereocenters. The minimum absolute atomic E-state index is 0.193. The van der Waals surface area contributed by atoms with Gasteiger partial charge in [0.05, 0.1) is 30.8 Å². The first-order chi connectivity index (χ1) is 15.3. The summed E-state index contributed by atoms with van der Waals surface area (Å²) in [6.07, 6.45) is 10.3. The number of esters is 1. The molecule has 8 heteroatoms. The van der Waals surface area contributed by atoms with E-state index in [1.807, 2.05) is 31.2 Å². The van der Waals surface area contributed by atoms with E-state index in [2.05, 4.69) is 6.92 Å². The molecule has 1 spiro atoms. The lowest BCUT2D eigenvalue weighted by atomic mass is 9.74. The van der Waals surface area contributed by atoms with E-state index in [9.17, 15) is 19.5 Å². The molecule has 0 aromatic rings. The first-order valence-corrected chi connectivity index (χ1v) is 11.8. The Kier molecular flexibility index (Phi) is 6.20. The highest BCUT2D eigenvalue weighted by Crippen LogP contribution is 2.57. The Balaban J connectivity index is 1.87. The zero-order valence-corrected chi connectivity index (χ0v) is 19.2. The van der Waals surface area contributed by atoms with Crippen molar-refractivity contribution in [3.05, 3.63) is 24.3 Å². The molecule has 8 nitrogen and oxygen atoms in total. The number of aliphatic hydroxyl groups is 1. The fourth-order valence-corrected chi connectivity index (χ4v) is 5.83. The highest BCUT2D eigenvalue weighted by molar-refractivity contribution is 5.99. The number of amides is 2. The summed E-state index contributed by atoms with van der Waals surface area (Å²) in [6.45, 7) is 6.72. The van der Waals surface area contributed by atoms with E-state index >= 15 is 0 Å². The summed E-state index contributed by atoms with van der Waals surface area (Å²) in [4.78, 5) is 44.2. The molecule has 2 saturated heterocycles. The van der Waals surface area contributed by atoms with Crippen LogP contribution in [0.4, 0.5) is 0 Å². The van der Waals surface area contributed by atoms with E-state index in [0.717, 1.165) is 12.8 Å². The van der Waals surface area contributed by atoms with Gasteiger partial charge in [0.15, 0.2) is 0 Å². The Morgan fingerprint density at radius 3 is 2.62 bits per heavy atom. The largest absolute Gasteiger partial charge is 0.465 e. The van der Waals surface area contributed by atoms with Crippen LogP contribution in [0.5, 0.6) is 0 Å². The van der Waals surface area contributed by atoms with Crippen LogP contribution in [0.15, 0.2) is 24.3 Å². The van der Waals surface area contributed by atoms with Gasteiger partial charge in [-0.05, 0) is 26.2 Å². The van der Waals surface area contributed by atoms with Crippen LogP contribution in [-0.2, 0) is 23.9 Å². The van der Waals surface area contributed by atoms with E-state index in [0.29, 0.717) is 25.9 Å². The third-order valence-electron chi connectivity index (χ3n) is 7.40. The topological polar surface area (TPSA) is 96.4 Å². The number of likely N-dealkylation sites (tertiary alicyclic amines) is 1. The SMILES string of the molecule is CCCCN1CC=C[C@]23O[C@]4(C)C=CCCOC(=O)[C@@H]4[C@H]2C(=O)N([C@@H](CC)CO)C3C1=O. The summed E-state index contributed by atoms with van der Waals surface area (Å²) in [5.74, 6) is -2.75. The molecule has 2 fully saturated rings. The fraction of sp³-hybridized carbons (Fsp3) is 0.708. The van der Waals surface area contributed by atoms with Crippen molar-refractivity contribution in [3.8, 4) is 0 Å². The highest BCUT2D eigenvalue weighted by atomic mass is 16.6. The van der Waals surface area contributed by atoms with Gasteiger partial charge in [-0.2, -0.15) is 0 Å². The lowest BCUT2D eigenvalue weighted by Crippen LogP contribution is -2.58. The smallest absolute Gasteiger partial charge is 0.313 e. The van der Waals surface area contributed by atoms with E-state index < -0.39 is 41.1 Å². The standard InChI is InChI=1S/C24H34N2O6/c1-4-6-12-25-13-9-11-24-17(18-22(30)31-14-8-7-10-23(18,3)32-24)20(28)26(16(5-2)15-27)19(24)21(25)29/h7,9-11,16-19,27H,4-6,8,12-15H2,1-3H3/t16-,17-,18-,19?,23+,24-/m0/s1. The van der Waals surface area contributed by atoms with Gasteiger partial charge >= 0.3 is 5.97 Å². The number of unbranched alkanes of at least 4 members (excludes halogenated alkanes) is 1. The zero-order valence-electron chi connectivity index (χ0n) is 19.2. The number of carbonyl (C=O) groups is 3. The number of nitrogens with zero attached hydrogens (tertiary/aromatic N) is 2. The number of ether oxygens (including phenoxy) is 2. The minimum Gasteiger partial charge on any atom is -0.465 e. The van der Waals surface area contributed by atoms with Crippen molar-refractivity contribution in [2.24, 2.45) is 11.8 Å². The quantitative estimate of drug-likeness (QED) is 0.490. The van der Waals surface area contributed by atoms with E-state index in [1.54, 1.807) is 11.8 Å². The number of hydrogen-bond acceptors (Lipinski definition) is 6. The molecule has 0 bridgehead atoms. The number of aliphatic hydroxyl groups excluding tert-OH is 1. The molecule has 32 heavy (non-hydrogen) atoms. The van der Waals surface area contributed by atoms with E-state index in [1.165, 1.54) is 4.90 Å². The Labute approximate surface area is 189 Å². The molecular weight excluding hydrogens is 412 g/mol. The molecule has 0 aliphatic carbocycles. The summed E-state index contributed by atoms with van der Waals surface area (Å²) in [5, 5.41) is 10.1. The first-order valence-electron chi connectivity index (χ1n) is 11.8. The molecule has 0 saturated carbocycles. The molecule has 0 aromatic heterocycles. The molecule has 4 heterocycles. The van der Waals surface area contributed by atoms with Gasteiger partial charge in [-0.1, -0.05) is 44.6 Å². The molecular formula is C24H34N2O6. The summed E-state index contributed by atoms with van der Waals surface area (Å²) >= 11 is 0. The number of fused-ring (bicyclic) bond motifs is 2. The van der Waals surface area contributed by atoms with Crippen molar-refractivity contribution in [2.75, 3.05) is 26.3 Å². The average molecular weight is 447 g/mol. The van der Waals surface area contributed by atoms with Crippen LogP contribution in [0.25, 0.3) is 0 Å². The molecule has 0 aromatic carbocycles. The maximum Gasteiger partial charge on any atom is 0.313 e. The summed E-state index contributed by atoms with van der Waals surface area (Å²) in [7, 11) is 0. The van der Waals surface area contributed by atoms with Gasteiger partial charge in [-0.3, -0.25) is 14.4 Å².